The van der Waals surface area contributed by atoms with E-state index in [0.29, 0.717) is 6.54 Å². The van der Waals surface area contributed by atoms with Crippen molar-refractivity contribution in [3.05, 3.63) is 70.5 Å². The van der Waals surface area contributed by atoms with Gasteiger partial charge in [-0.05, 0) is 46.8 Å². The van der Waals surface area contributed by atoms with Crippen molar-refractivity contribution >= 4 is 0 Å². The molecular weight excluding hydrogens is 268 g/mol. The molecule has 0 saturated carbocycles. The molecule has 2 N–H and O–H groups in total. The Morgan fingerprint density at radius 2 is 1.82 bits per heavy atom. The van der Waals surface area contributed by atoms with Crippen molar-refractivity contribution in [2.75, 3.05) is 6.54 Å². The Morgan fingerprint density at radius 1 is 1.14 bits per heavy atom. The maximum Gasteiger partial charge on any atom is 0.0478 e. The van der Waals surface area contributed by atoms with Crippen molar-refractivity contribution in [2.45, 2.75) is 47.7 Å². The van der Waals surface area contributed by atoms with Gasteiger partial charge < -0.3 is 10.6 Å². The topological polar surface area (TPSA) is 29.3 Å². The average molecular weight is 298 g/mol. The summed E-state index contributed by atoms with van der Waals surface area (Å²) in [5.41, 5.74) is 14.6. The van der Waals surface area contributed by atoms with Gasteiger partial charge in [-0.1, -0.05) is 52.6 Å². The second-order valence-electron chi connectivity index (χ2n) is 5.41. The fourth-order valence-electron chi connectivity index (χ4n) is 3.03. The van der Waals surface area contributed by atoms with Crippen molar-refractivity contribution in [2.24, 2.45) is 5.73 Å². The van der Waals surface area contributed by atoms with Crippen LogP contribution in [-0.2, 0) is 19.5 Å². The quantitative estimate of drug-likeness (QED) is 0.867. The Balaban J connectivity index is 0.000000775. The summed E-state index contributed by atoms with van der Waals surface area (Å²) in [4.78, 5) is 2.43. The highest BCUT2D eigenvalue weighted by atomic mass is 15.1. The van der Waals surface area contributed by atoms with E-state index in [-0.39, 0.29) is 7.43 Å². The molecule has 0 unspecified atom stereocenters. The average Bonchev–Trinajstić information content (AvgIpc) is 2.55. The van der Waals surface area contributed by atoms with Crippen LogP contribution in [0.4, 0.5) is 0 Å². The summed E-state index contributed by atoms with van der Waals surface area (Å²) in [5.74, 6) is 0. The highest BCUT2D eigenvalue weighted by Crippen LogP contribution is 2.40. The number of fused-ring (bicyclic) bond motifs is 1. The normalized spacial score (nSPS) is 16.3. The predicted molar refractivity (Wildman–Crippen MR) is 97.5 cm³/mol. The molecular formula is C20H30N2. The van der Waals surface area contributed by atoms with E-state index in [1.165, 1.54) is 28.0 Å². The number of hydrogen-bond donors (Lipinski definition) is 1. The van der Waals surface area contributed by atoms with Gasteiger partial charge in [0.25, 0.3) is 0 Å². The number of benzene rings is 1. The summed E-state index contributed by atoms with van der Waals surface area (Å²) in [6.45, 7) is 16.9. The van der Waals surface area contributed by atoms with Gasteiger partial charge in [-0.3, -0.25) is 0 Å². The van der Waals surface area contributed by atoms with Crippen LogP contribution in [0, 0.1) is 0 Å². The highest BCUT2D eigenvalue weighted by Gasteiger charge is 2.29. The van der Waals surface area contributed by atoms with Crippen LogP contribution in [0.1, 0.15) is 44.9 Å². The summed E-state index contributed by atoms with van der Waals surface area (Å²) in [5, 5.41) is 0. The lowest BCUT2D eigenvalue weighted by molar-refractivity contribution is 0.321. The molecule has 2 aliphatic rings. The lowest BCUT2D eigenvalue weighted by Gasteiger charge is -2.40. The van der Waals surface area contributed by atoms with E-state index in [4.69, 9.17) is 5.73 Å². The Morgan fingerprint density at radius 3 is 2.41 bits per heavy atom. The molecule has 3 rings (SSSR count). The largest absolute Gasteiger partial charge is 0.366 e. The minimum Gasteiger partial charge on any atom is -0.366 e. The molecule has 1 aliphatic heterocycles. The third kappa shape index (κ3) is 3.02. The van der Waals surface area contributed by atoms with Gasteiger partial charge in [0.15, 0.2) is 0 Å². The van der Waals surface area contributed by atoms with Gasteiger partial charge in [0.05, 0.1) is 0 Å². The summed E-state index contributed by atoms with van der Waals surface area (Å²) >= 11 is 0. The Labute approximate surface area is 136 Å². The molecule has 1 heterocycles. The van der Waals surface area contributed by atoms with Gasteiger partial charge in [-0.25, -0.2) is 0 Å². The first kappa shape index (κ1) is 18.2. The zero-order chi connectivity index (χ0) is 15.6. The maximum absolute atomic E-state index is 5.73. The molecule has 0 bridgehead atoms. The number of nitrogens with zero attached hydrogens (tertiary/aromatic N) is 1. The van der Waals surface area contributed by atoms with Crippen molar-refractivity contribution < 1.29 is 0 Å². The molecule has 2 nitrogen and oxygen atoms in total. The van der Waals surface area contributed by atoms with Crippen LogP contribution in [-0.4, -0.2) is 11.4 Å². The number of hydrogen-bond acceptors (Lipinski definition) is 2. The van der Waals surface area contributed by atoms with Crippen molar-refractivity contribution in [3.8, 4) is 0 Å². The third-order valence-electron chi connectivity index (χ3n) is 4.29. The first-order valence-electron chi connectivity index (χ1n) is 7.77. The second kappa shape index (κ2) is 7.46. The van der Waals surface area contributed by atoms with E-state index in [2.05, 4.69) is 43.2 Å². The van der Waals surface area contributed by atoms with E-state index in [9.17, 15) is 0 Å². The minimum absolute atomic E-state index is 0. The fourth-order valence-corrected chi connectivity index (χ4v) is 3.03. The van der Waals surface area contributed by atoms with Gasteiger partial charge in [-0.2, -0.15) is 0 Å². The van der Waals surface area contributed by atoms with Crippen LogP contribution in [0.25, 0.3) is 0 Å². The monoisotopic (exact) mass is 298 g/mol. The summed E-state index contributed by atoms with van der Waals surface area (Å²) < 4.78 is 0. The number of allylic oxidation sites excluding steroid dienone is 2. The molecule has 0 aromatic heterocycles. The Hall–Kier alpha value is -1.80. The van der Waals surface area contributed by atoms with Crippen LogP contribution < -0.4 is 5.73 Å². The smallest absolute Gasteiger partial charge is 0.0478 e. The van der Waals surface area contributed by atoms with Crippen molar-refractivity contribution in [1.29, 1.82) is 0 Å². The van der Waals surface area contributed by atoms with E-state index in [0.717, 1.165) is 30.7 Å². The van der Waals surface area contributed by atoms with Crippen LogP contribution >= 0.6 is 0 Å². The summed E-state index contributed by atoms with van der Waals surface area (Å²) in [6, 6.07) is 6.61. The lowest BCUT2D eigenvalue weighted by atomic mass is 9.83. The van der Waals surface area contributed by atoms with Gasteiger partial charge in [0.2, 0.25) is 0 Å². The Kier molecular flexibility index (Phi) is 6.19. The summed E-state index contributed by atoms with van der Waals surface area (Å²) in [7, 11) is 0. The first-order chi connectivity index (χ1) is 10.1. The van der Waals surface area contributed by atoms with E-state index >= 15 is 0 Å². The predicted octanol–water partition coefficient (Wildman–Crippen LogP) is 4.57. The first-order valence-corrected chi connectivity index (χ1v) is 7.77. The molecule has 2 heteroatoms. The molecule has 1 aliphatic carbocycles. The highest BCUT2D eigenvalue weighted by molar-refractivity contribution is 5.66. The van der Waals surface area contributed by atoms with Gasteiger partial charge in [0.1, 0.15) is 0 Å². The van der Waals surface area contributed by atoms with Crippen molar-refractivity contribution in [3.63, 3.8) is 0 Å². The zero-order valence-corrected chi connectivity index (χ0v) is 13.5. The van der Waals surface area contributed by atoms with E-state index in [1.54, 1.807) is 0 Å². The molecule has 1 aromatic carbocycles. The molecule has 0 saturated heterocycles. The van der Waals surface area contributed by atoms with Crippen LogP contribution in [0.15, 0.2) is 53.8 Å². The molecule has 0 amide bonds. The third-order valence-corrected chi connectivity index (χ3v) is 4.29. The second-order valence-corrected chi connectivity index (χ2v) is 5.41. The van der Waals surface area contributed by atoms with Crippen LogP contribution in [0.2, 0.25) is 0 Å². The maximum atomic E-state index is 5.73. The summed E-state index contributed by atoms with van der Waals surface area (Å²) in [6.07, 6.45) is 1.09. The zero-order valence-electron chi connectivity index (χ0n) is 13.5. The molecule has 0 atom stereocenters. The SMILES string of the molecule is C.C=C1C(=C)C(N2CCc3ccc(CN)cc3C2)=C1C.CC. The number of rotatable bonds is 2. The van der Waals surface area contributed by atoms with Gasteiger partial charge >= 0.3 is 0 Å². The standard InChI is InChI=1S/C17H20N2.C2H6.CH4/c1-11-12(2)17(13(11)3)19-7-6-15-5-4-14(9-18)8-16(15)10-19;1-2;/h4-5,8H,1-2,6-7,9-10,18H2,3H3;1-2H3;1H4. The molecule has 120 valence electrons. The van der Waals surface area contributed by atoms with Gasteiger partial charge in [0, 0.05) is 25.3 Å². The molecule has 0 spiro atoms. The molecule has 22 heavy (non-hydrogen) atoms. The molecule has 0 radical (unpaired) electrons. The molecule has 0 fully saturated rings. The fraction of sp³-hybridized carbons (Fsp3) is 0.400. The minimum atomic E-state index is 0. The van der Waals surface area contributed by atoms with E-state index in [1.807, 2.05) is 13.8 Å². The lowest BCUT2D eigenvalue weighted by Crippen LogP contribution is -2.34. The van der Waals surface area contributed by atoms with Crippen LogP contribution in [0.3, 0.4) is 0 Å². The van der Waals surface area contributed by atoms with Crippen LogP contribution in [0.5, 0.6) is 0 Å². The number of nitrogens with two attached hydrogens (primary N) is 1. The van der Waals surface area contributed by atoms with Crippen molar-refractivity contribution in [1.82, 2.24) is 4.90 Å². The Bertz CT molecular complexity index is 608. The van der Waals surface area contributed by atoms with E-state index < -0.39 is 0 Å². The molecule has 1 aromatic rings. The van der Waals surface area contributed by atoms with Gasteiger partial charge in [-0.15, -0.1) is 0 Å².